The third-order valence-corrected chi connectivity index (χ3v) is 9.66. The number of ketones is 1. The van der Waals surface area contributed by atoms with Gasteiger partial charge >= 0.3 is 0 Å². The van der Waals surface area contributed by atoms with E-state index in [1.807, 2.05) is 0 Å². The maximum absolute atomic E-state index is 13.3. The Hall–Kier alpha value is -3.55. The molecule has 0 spiro atoms. The molecule has 3 aromatic rings. The second-order valence-corrected chi connectivity index (χ2v) is 11.5. The van der Waals surface area contributed by atoms with E-state index in [1.54, 1.807) is 36.2 Å². The van der Waals surface area contributed by atoms with Crippen LogP contribution in [0.1, 0.15) is 62.5 Å². The molecule has 1 heterocycles. The number of fused-ring (bicyclic) bond motifs is 5. The smallest absolute Gasteiger partial charge is 0.278 e. The highest BCUT2D eigenvalue weighted by atomic mass is 16.6. The lowest BCUT2D eigenvalue weighted by atomic mass is 9.54. The van der Waals surface area contributed by atoms with Gasteiger partial charge in [0, 0.05) is 24.4 Å². The summed E-state index contributed by atoms with van der Waals surface area (Å²) >= 11 is 0. The van der Waals surface area contributed by atoms with Crippen molar-refractivity contribution in [3.05, 3.63) is 69.9 Å². The number of benzene rings is 2. The molecule has 6 rings (SSSR count). The van der Waals surface area contributed by atoms with Crippen LogP contribution in [0.2, 0.25) is 0 Å². The van der Waals surface area contributed by atoms with Gasteiger partial charge in [-0.15, -0.1) is 5.10 Å². The lowest BCUT2D eigenvalue weighted by Crippen LogP contribution is -2.44. The highest BCUT2D eigenvalue weighted by Crippen LogP contribution is 2.62. The summed E-state index contributed by atoms with van der Waals surface area (Å²) in [5.41, 5.74) is 3.69. The van der Waals surface area contributed by atoms with Crippen LogP contribution in [0.3, 0.4) is 0 Å². The molecule has 0 radical (unpaired) electrons. The van der Waals surface area contributed by atoms with Gasteiger partial charge in [-0.3, -0.25) is 19.6 Å². The average molecular weight is 515 g/mol. The number of nitrogens with zero attached hydrogens (tertiary/aromatic N) is 4. The average Bonchev–Trinajstić information content (AvgIpc) is 3.50. The Labute approximate surface area is 222 Å². The number of aryl methyl sites for hydroxylation is 2. The molecule has 8 nitrogen and oxygen atoms in total. The van der Waals surface area contributed by atoms with Crippen LogP contribution in [0, 0.1) is 33.3 Å². The van der Waals surface area contributed by atoms with Crippen molar-refractivity contribution in [2.45, 2.75) is 64.3 Å². The van der Waals surface area contributed by atoms with Crippen LogP contribution in [0.5, 0.6) is 5.75 Å². The van der Waals surface area contributed by atoms with E-state index in [1.165, 1.54) is 17.2 Å². The van der Waals surface area contributed by atoms with E-state index in [9.17, 15) is 14.9 Å². The fraction of sp³-hybridized carbons (Fsp3) is 0.500. The van der Waals surface area contributed by atoms with E-state index in [0.717, 1.165) is 44.3 Å². The molecule has 2 saturated carbocycles. The van der Waals surface area contributed by atoms with Crippen LogP contribution in [0.4, 0.5) is 5.69 Å². The van der Waals surface area contributed by atoms with Crippen molar-refractivity contribution in [3.63, 3.8) is 0 Å². The molecule has 1 aromatic heterocycles. The van der Waals surface area contributed by atoms with Gasteiger partial charge in [-0.05, 0) is 91.5 Å². The monoisotopic (exact) mass is 514 g/mol. The van der Waals surface area contributed by atoms with E-state index < -0.39 is 0 Å². The summed E-state index contributed by atoms with van der Waals surface area (Å²) in [6.07, 6.45) is 8.59. The SMILES string of the molecule is COc1ccc2c(c1)CC[C@H]1[C@@H]3[C@H](CCCn4cc(-c5ccccc5[N+](=O)[O-])nn4)CC(=O)[C@@]3(C)CC[C@H]21. The minimum absolute atomic E-state index is 0.0302. The molecular weight excluding hydrogens is 480 g/mol. The molecule has 8 heteroatoms. The van der Waals surface area contributed by atoms with Gasteiger partial charge in [-0.1, -0.05) is 30.3 Å². The quantitative estimate of drug-likeness (QED) is 0.283. The molecule has 198 valence electrons. The Bertz CT molecular complexity index is 1380. The largest absolute Gasteiger partial charge is 0.497 e. The van der Waals surface area contributed by atoms with Crippen molar-refractivity contribution in [2.24, 2.45) is 23.2 Å². The fourth-order valence-corrected chi connectivity index (χ4v) is 7.91. The number of para-hydroxylation sites is 1. The van der Waals surface area contributed by atoms with Crippen molar-refractivity contribution in [1.82, 2.24) is 15.0 Å². The molecule has 0 unspecified atom stereocenters. The Kier molecular flexibility index (Phi) is 6.28. The molecule has 0 N–H and O–H groups in total. The van der Waals surface area contributed by atoms with E-state index in [-0.39, 0.29) is 16.0 Å². The van der Waals surface area contributed by atoms with Gasteiger partial charge < -0.3 is 4.74 Å². The van der Waals surface area contributed by atoms with Gasteiger partial charge in [-0.2, -0.15) is 0 Å². The number of nitro groups is 1. The number of carbonyl (C=O) groups is 1. The van der Waals surface area contributed by atoms with Gasteiger partial charge in [0.25, 0.3) is 5.69 Å². The second-order valence-electron chi connectivity index (χ2n) is 11.5. The number of rotatable bonds is 7. The van der Waals surface area contributed by atoms with E-state index in [0.29, 0.717) is 53.7 Å². The molecule has 0 aliphatic heterocycles. The summed E-state index contributed by atoms with van der Waals surface area (Å²) in [7, 11) is 1.72. The van der Waals surface area contributed by atoms with E-state index >= 15 is 0 Å². The Morgan fingerprint density at radius 3 is 2.87 bits per heavy atom. The first-order valence-corrected chi connectivity index (χ1v) is 13.7. The molecule has 3 aliphatic carbocycles. The van der Waals surface area contributed by atoms with Crippen molar-refractivity contribution in [2.75, 3.05) is 7.11 Å². The molecule has 0 saturated heterocycles. The van der Waals surface area contributed by atoms with Crippen LogP contribution in [-0.4, -0.2) is 32.8 Å². The van der Waals surface area contributed by atoms with Crippen molar-refractivity contribution >= 4 is 11.5 Å². The van der Waals surface area contributed by atoms with Crippen molar-refractivity contribution in [3.8, 4) is 17.0 Å². The van der Waals surface area contributed by atoms with Crippen molar-refractivity contribution < 1.29 is 14.5 Å². The highest BCUT2D eigenvalue weighted by molar-refractivity contribution is 5.87. The number of ether oxygens (including phenoxy) is 1. The third kappa shape index (κ3) is 4.10. The zero-order valence-electron chi connectivity index (χ0n) is 22.0. The molecule has 2 fully saturated rings. The van der Waals surface area contributed by atoms with Crippen LogP contribution in [-0.2, 0) is 17.8 Å². The van der Waals surface area contributed by atoms with Gasteiger partial charge in [0.2, 0.25) is 0 Å². The Balaban J connectivity index is 1.16. The predicted octanol–water partition coefficient (Wildman–Crippen LogP) is 5.99. The zero-order chi connectivity index (χ0) is 26.4. The number of nitro benzene ring substituents is 1. The first-order chi connectivity index (χ1) is 18.4. The molecule has 3 aliphatic rings. The van der Waals surface area contributed by atoms with E-state index in [4.69, 9.17) is 4.74 Å². The number of hydrogen-bond donors (Lipinski definition) is 0. The molecule has 5 atom stereocenters. The molecule has 0 amide bonds. The second kappa shape index (κ2) is 9.64. The van der Waals surface area contributed by atoms with Gasteiger partial charge in [-0.25, -0.2) is 0 Å². The van der Waals surface area contributed by atoms with E-state index in [2.05, 4.69) is 35.4 Å². The third-order valence-electron chi connectivity index (χ3n) is 9.66. The maximum atomic E-state index is 13.3. The van der Waals surface area contributed by atoms with Crippen LogP contribution in [0.15, 0.2) is 48.7 Å². The molecule has 38 heavy (non-hydrogen) atoms. The molecule has 2 aromatic carbocycles. The summed E-state index contributed by atoms with van der Waals surface area (Å²) in [6.45, 7) is 2.91. The topological polar surface area (TPSA) is 100 Å². The highest BCUT2D eigenvalue weighted by Gasteiger charge is 2.58. The normalized spacial score (nSPS) is 27.9. The van der Waals surface area contributed by atoms with Crippen LogP contribution >= 0.6 is 0 Å². The standard InChI is InChI=1S/C30H34N4O4/c1-30-14-13-23-22-12-10-21(38-2)16-19(22)9-11-24(23)29(30)20(17-28(30)35)6-5-15-33-18-26(31-32-33)25-7-3-4-8-27(25)34(36)37/h3-4,7-8,10,12,16,18,20,23-24,29H,5-6,9,11,13-15,17H2,1-2H3/t20-,23-,24-,29+,30-/m1/s1. The van der Waals surface area contributed by atoms with Gasteiger partial charge in [0.15, 0.2) is 0 Å². The summed E-state index contributed by atoms with van der Waals surface area (Å²) < 4.78 is 7.24. The van der Waals surface area contributed by atoms with Crippen LogP contribution < -0.4 is 4.74 Å². The zero-order valence-corrected chi connectivity index (χ0v) is 22.0. The Morgan fingerprint density at radius 1 is 1.21 bits per heavy atom. The Morgan fingerprint density at radius 2 is 2.05 bits per heavy atom. The van der Waals surface area contributed by atoms with Crippen molar-refractivity contribution in [1.29, 1.82) is 0 Å². The first kappa shape index (κ1) is 24.8. The lowest BCUT2D eigenvalue weighted by molar-refractivity contribution is -0.384. The maximum Gasteiger partial charge on any atom is 0.278 e. The van der Waals surface area contributed by atoms with Gasteiger partial charge in [0.1, 0.15) is 17.2 Å². The molecular formula is C30H34N4O4. The van der Waals surface area contributed by atoms with Crippen LogP contribution in [0.25, 0.3) is 11.3 Å². The number of carbonyl (C=O) groups excluding carboxylic acids is 1. The number of aromatic nitrogens is 3. The number of methoxy groups -OCH3 is 1. The first-order valence-electron chi connectivity index (χ1n) is 13.7. The number of Topliss-reactive ketones (excluding diaryl/α,β-unsaturated/α-hetero) is 1. The summed E-state index contributed by atoms with van der Waals surface area (Å²) in [5, 5.41) is 19.8. The minimum Gasteiger partial charge on any atom is -0.497 e. The lowest BCUT2D eigenvalue weighted by Gasteiger charge is -2.50. The fourth-order valence-electron chi connectivity index (χ4n) is 7.91. The summed E-state index contributed by atoms with van der Waals surface area (Å²) in [6, 6.07) is 13.2. The van der Waals surface area contributed by atoms with Gasteiger partial charge in [0.05, 0.1) is 23.8 Å². The number of hydrogen-bond acceptors (Lipinski definition) is 6. The predicted molar refractivity (Wildman–Crippen MR) is 143 cm³/mol. The summed E-state index contributed by atoms with van der Waals surface area (Å²) in [4.78, 5) is 24.3. The summed E-state index contributed by atoms with van der Waals surface area (Å²) in [5.74, 6) is 3.25. The minimum atomic E-state index is -0.389. The molecule has 0 bridgehead atoms.